The van der Waals surface area contributed by atoms with E-state index in [-0.39, 0.29) is 11.8 Å². The topological polar surface area (TPSA) is 79.5 Å². The molecule has 2 rings (SSSR count). The second-order valence-electron chi connectivity index (χ2n) is 5.62. The fourth-order valence-corrected chi connectivity index (χ4v) is 2.68. The van der Waals surface area contributed by atoms with E-state index in [0.717, 1.165) is 5.56 Å². The fraction of sp³-hybridized carbons (Fsp3) is 0.263. The van der Waals surface area contributed by atoms with Gasteiger partial charge in [-0.2, -0.15) is 0 Å². The number of amides is 2. The first-order valence-electron chi connectivity index (χ1n) is 8.18. The minimum Gasteiger partial charge on any atom is -0.495 e. The van der Waals surface area contributed by atoms with Crippen molar-refractivity contribution in [1.29, 1.82) is 0 Å². The van der Waals surface area contributed by atoms with Gasteiger partial charge in [-0.3, -0.25) is 9.59 Å². The number of anilines is 1. The van der Waals surface area contributed by atoms with E-state index < -0.39 is 6.04 Å². The summed E-state index contributed by atoms with van der Waals surface area (Å²) in [6.07, 6.45) is 0. The van der Waals surface area contributed by atoms with Crippen LogP contribution in [0, 0.1) is 0 Å². The zero-order valence-electron chi connectivity index (χ0n) is 14.7. The molecule has 0 aliphatic carbocycles. The number of carbonyl (C=O) groups excluding carboxylic acids is 2. The van der Waals surface area contributed by atoms with Gasteiger partial charge in [-0.05, 0) is 23.8 Å². The molecule has 1 atom stereocenters. The van der Waals surface area contributed by atoms with E-state index in [1.807, 2.05) is 30.3 Å². The number of rotatable bonds is 8. The highest BCUT2D eigenvalue weighted by Gasteiger charge is 2.20. The predicted molar refractivity (Wildman–Crippen MR) is 103 cm³/mol. The van der Waals surface area contributed by atoms with Gasteiger partial charge in [-0.15, -0.1) is 0 Å². The Balaban J connectivity index is 2.09. The fourth-order valence-electron chi connectivity index (χ4n) is 2.42. The first-order valence-corrected chi connectivity index (χ1v) is 8.56. The van der Waals surface area contributed by atoms with Crippen LogP contribution in [-0.4, -0.2) is 32.0 Å². The molecular formula is C19H22ClN3O3. The Labute approximate surface area is 157 Å². The van der Waals surface area contributed by atoms with Gasteiger partial charge in [0, 0.05) is 25.7 Å². The van der Waals surface area contributed by atoms with Crippen LogP contribution in [0.4, 0.5) is 5.69 Å². The molecule has 138 valence electrons. The number of carbonyl (C=O) groups is 2. The zero-order chi connectivity index (χ0) is 18.9. The lowest BCUT2D eigenvalue weighted by atomic mass is 10.1. The van der Waals surface area contributed by atoms with E-state index in [2.05, 4.69) is 16.0 Å². The summed E-state index contributed by atoms with van der Waals surface area (Å²) in [6.45, 7) is 2.34. The summed E-state index contributed by atoms with van der Waals surface area (Å²) in [5.74, 6) is 0.207. The molecule has 26 heavy (non-hydrogen) atoms. The molecule has 7 heteroatoms. The Kier molecular flexibility index (Phi) is 7.44. The summed E-state index contributed by atoms with van der Waals surface area (Å²) >= 11 is 6.11. The van der Waals surface area contributed by atoms with Crippen LogP contribution in [0.15, 0.2) is 48.5 Å². The molecule has 0 fully saturated rings. The smallest absolute Gasteiger partial charge is 0.246 e. The van der Waals surface area contributed by atoms with Crippen LogP contribution in [0.1, 0.15) is 18.5 Å². The first-order chi connectivity index (χ1) is 12.5. The molecule has 0 saturated heterocycles. The highest BCUT2D eigenvalue weighted by Crippen LogP contribution is 2.27. The molecule has 3 N–H and O–H groups in total. The third-order valence-electron chi connectivity index (χ3n) is 3.66. The van der Waals surface area contributed by atoms with Gasteiger partial charge in [-0.1, -0.05) is 41.9 Å². The highest BCUT2D eigenvalue weighted by atomic mass is 35.5. The summed E-state index contributed by atoms with van der Waals surface area (Å²) in [6, 6.07) is 13.9. The third kappa shape index (κ3) is 5.75. The van der Waals surface area contributed by atoms with Crippen molar-refractivity contribution < 1.29 is 14.3 Å². The maximum atomic E-state index is 12.8. The van der Waals surface area contributed by atoms with Crippen LogP contribution >= 0.6 is 11.6 Å². The molecule has 0 aromatic heterocycles. The highest BCUT2D eigenvalue weighted by molar-refractivity contribution is 6.32. The second kappa shape index (κ2) is 9.79. The van der Waals surface area contributed by atoms with Gasteiger partial charge in [0.15, 0.2) is 0 Å². The Bertz CT molecular complexity index is 753. The van der Waals surface area contributed by atoms with E-state index in [1.54, 1.807) is 18.2 Å². The maximum Gasteiger partial charge on any atom is 0.246 e. The predicted octanol–water partition coefficient (Wildman–Crippen LogP) is 2.75. The Morgan fingerprint density at radius 3 is 2.46 bits per heavy atom. The molecule has 0 aliphatic rings. The van der Waals surface area contributed by atoms with Crippen LogP contribution in [0.2, 0.25) is 5.02 Å². The van der Waals surface area contributed by atoms with Crippen molar-refractivity contribution in [1.82, 2.24) is 10.6 Å². The Morgan fingerprint density at radius 2 is 1.85 bits per heavy atom. The molecular weight excluding hydrogens is 354 g/mol. The molecule has 6 nitrogen and oxygen atoms in total. The summed E-state index contributed by atoms with van der Waals surface area (Å²) in [5, 5.41) is 9.13. The van der Waals surface area contributed by atoms with Crippen molar-refractivity contribution in [2.45, 2.75) is 13.0 Å². The molecule has 0 radical (unpaired) electrons. The number of nitrogens with one attached hydrogen (secondary N) is 3. The van der Waals surface area contributed by atoms with Crippen molar-refractivity contribution in [3.63, 3.8) is 0 Å². The number of hydrogen-bond donors (Lipinski definition) is 3. The van der Waals surface area contributed by atoms with E-state index in [1.165, 1.54) is 14.0 Å². The van der Waals surface area contributed by atoms with Gasteiger partial charge < -0.3 is 20.7 Å². The molecule has 2 aromatic rings. The van der Waals surface area contributed by atoms with Gasteiger partial charge in [-0.25, -0.2) is 0 Å². The lowest BCUT2D eigenvalue weighted by Crippen LogP contribution is -2.37. The van der Waals surface area contributed by atoms with E-state index in [4.69, 9.17) is 16.3 Å². The number of hydrogen-bond acceptors (Lipinski definition) is 4. The van der Waals surface area contributed by atoms with Crippen molar-refractivity contribution >= 4 is 29.1 Å². The summed E-state index contributed by atoms with van der Waals surface area (Å²) < 4.78 is 5.12. The maximum absolute atomic E-state index is 12.8. The van der Waals surface area contributed by atoms with E-state index >= 15 is 0 Å². The lowest BCUT2D eigenvalue weighted by Gasteiger charge is -2.19. The average molecular weight is 376 g/mol. The largest absolute Gasteiger partial charge is 0.495 e. The van der Waals surface area contributed by atoms with Crippen molar-refractivity contribution in [2.24, 2.45) is 0 Å². The lowest BCUT2D eigenvalue weighted by molar-refractivity contribution is -0.119. The van der Waals surface area contributed by atoms with Crippen molar-refractivity contribution in [3.8, 4) is 5.75 Å². The second-order valence-corrected chi connectivity index (χ2v) is 6.03. The third-order valence-corrected chi connectivity index (χ3v) is 3.96. The number of methoxy groups -OCH3 is 1. The van der Waals surface area contributed by atoms with Gasteiger partial charge >= 0.3 is 0 Å². The molecule has 0 unspecified atom stereocenters. The van der Waals surface area contributed by atoms with Gasteiger partial charge in [0.2, 0.25) is 11.8 Å². The van der Waals surface area contributed by atoms with Gasteiger partial charge in [0.1, 0.15) is 11.8 Å². The standard InChI is InChI=1S/C19H22ClN3O3/c1-13(24)21-10-11-22-18(14-6-4-3-5-7-14)19(25)23-15-8-9-17(26-2)16(20)12-15/h3-9,12,18,22H,10-11H2,1-2H3,(H,21,24)(H,23,25)/t18-/m0/s1. The zero-order valence-corrected chi connectivity index (χ0v) is 15.5. The summed E-state index contributed by atoms with van der Waals surface area (Å²) in [5.41, 5.74) is 1.40. The number of ether oxygens (including phenoxy) is 1. The molecule has 0 bridgehead atoms. The van der Waals surface area contributed by atoms with Crippen LogP contribution in [-0.2, 0) is 9.59 Å². The van der Waals surface area contributed by atoms with Crippen LogP contribution in [0.5, 0.6) is 5.75 Å². The monoisotopic (exact) mass is 375 g/mol. The number of benzene rings is 2. The van der Waals surface area contributed by atoms with E-state index in [9.17, 15) is 9.59 Å². The van der Waals surface area contributed by atoms with Crippen LogP contribution < -0.4 is 20.7 Å². The van der Waals surface area contributed by atoms with E-state index in [0.29, 0.717) is 29.5 Å². The normalized spacial score (nSPS) is 11.5. The summed E-state index contributed by atoms with van der Waals surface area (Å²) in [4.78, 5) is 23.7. The van der Waals surface area contributed by atoms with Crippen molar-refractivity contribution in [3.05, 3.63) is 59.1 Å². The molecule has 0 spiro atoms. The SMILES string of the molecule is COc1ccc(NC(=O)[C@@H](NCCNC(C)=O)c2ccccc2)cc1Cl. The van der Waals surface area contributed by atoms with Crippen LogP contribution in [0.3, 0.4) is 0 Å². The quantitative estimate of drug-likeness (QED) is 0.620. The summed E-state index contributed by atoms with van der Waals surface area (Å²) in [7, 11) is 1.53. The minimum atomic E-state index is -0.564. The first kappa shape index (κ1) is 19.8. The Morgan fingerprint density at radius 1 is 1.12 bits per heavy atom. The molecule has 0 aliphatic heterocycles. The Hall–Kier alpha value is -2.57. The average Bonchev–Trinajstić information content (AvgIpc) is 2.62. The number of halogens is 1. The van der Waals surface area contributed by atoms with Crippen molar-refractivity contribution in [2.75, 3.05) is 25.5 Å². The molecule has 2 aromatic carbocycles. The van der Waals surface area contributed by atoms with Gasteiger partial charge in [0.05, 0.1) is 12.1 Å². The molecule has 0 heterocycles. The van der Waals surface area contributed by atoms with Crippen LogP contribution in [0.25, 0.3) is 0 Å². The minimum absolute atomic E-state index is 0.111. The molecule has 0 saturated carbocycles. The molecule has 2 amide bonds. The van der Waals surface area contributed by atoms with Gasteiger partial charge in [0.25, 0.3) is 0 Å².